The molecule has 1 saturated heterocycles. The number of benzene rings is 1. The minimum atomic E-state index is -0.525. The number of fused-ring (bicyclic) bond motifs is 1. The number of hydrogen-bond donors (Lipinski definition) is 0. The first kappa shape index (κ1) is 15.0. The van der Waals surface area contributed by atoms with E-state index in [1.54, 1.807) is 26.4 Å². The Morgan fingerprint density at radius 2 is 1.95 bits per heavy atom. The molecule has 0 atom stereocenters. The highest BCUT2D eigenvalue weighted by Gasteiger charge is 2.18. The lowest BCUT2D eigenvalue weighted by Gasteiger charge is -2.25. The first-order chi connectivity index (χ1) is 10.7. The van der Waals surface area contributed by atoms with Gasteiger partial charge >= 0.3 is 6.01 Å². The van der Waals surface area contributed by atoms with Crippen molar-refractivity contribution in [3.05, 3.63) is 34.1 Å². The van der Waals surface area contributed by atoms with E-state index in [0.29, 0.717) is 43.3 Å². The second kappa shape index (κ2) is 6.43. The Balaban J connectivity index is 2.01. The molecule has 0 bridgehead atoms. The highest BCUT2D eigenvalue weighted by molar-refractivity contribution is 5.77. The molecule has 0 amide bonds. The molecule has 3 rings (SSSR count). The highest BCUT2D eigenvalue weighted by atomic mass is 16.7. The lowest BCUT2D eigenvalue weighted by Crippen LogP contribution is -2.37. The van der Waals surface area contributed by atoms with E-state index < -0.39 is 6.29 Å². The van der Waals surface area contributed by atoms with Gasteiger partial charge in [0.1, 0.15) is 5.58 Å². The molecular weight excluding hydrogens is 288 g/mol. The average Bonchev–Trinajstić information content (AvgIpc) is 2.57. The van der Waals surface area contributed by atoms with Crippen molar-refractivity contribution in [3.8, 4) is 0 Å². The smallest absolute Gasteiger partial charge is 0.301 e. The van der Waals surface area contributed by atoms with E-state index in [-0.39, 0.29) is 5.56 Å². The summed E-state index contributed by atoms with van der Waals surface area (Å²) in [7, 11) is 3.08. The van der Waals surface area contributed by atoms with Crippen molar-refractivity contribution in [2.45, 2.75) is 6.29 Å². The second-order valence-electron chi connectivity index (χ2n) is 4.96. The summed E-state index contributed by atoms with van der Waals surface area (Å²) in [5, 5.41) is 0.411. The van der Waals surface area contributed by atoms with Gasteiger partial charge < -0.3 is 23.5 Å². The maximum Gasteiger partial charge on any atom is 0.301 e. The van der Waals surface area contributed by atoms with E-state index in [0.717, 1.165) is 5.56 Å². The van der Waals surface area contributed by atoms with Crippen molar-refractivity contribution in [2.75, 3.05) is 45.4 Å². The van der Waals surface area contributed by atoms with Crippen LogP contribution in [0.15, 0.2) is 27.4 Å². The summed E-state index contributed by atoms with van der Waals surface area (Å²) in [5.74, 6) is 0. The van der Waals surface area contributed by atoms with Crippen LogP contribution in [0.5, 0.6) is 0 Å². The van der Waals surface area contributed by atoms with Gasteiger partial charge in [0.2, 0.25) is 0 Å². The third-order valence-electron chi connectivity index (χ3n) is 3.61. The average molecular weight is 306 g/mol. The van der Waals surface area contributed by atoms with Gasteiger partial charge in [-0.2, -0.15) is 4.98 Å². The maximum absolute atomic E-state index is 12.3. The van der Waals surface area contributed by atoms with Gasteiger partial charge in [0.25, 0.3) is 5.56 Å². The Bertz CT molecular complexity index is 705. The largest absolute Gasteiger partial charge is 0.425 e. The molecule has 0 aliphatic carbocycles. The molecule has 0 spiro atoms. The summed E-state index contributed by atoms with van der Waals surface area (Å²) in [6.45, 7) is 2.53. The van der Waals surface area contributed by atoms with E-state index in [1.807, 2.05) is 11.0 Å². The molecule has 0 unspecified atom stereocenters. The topological polar surface area (TPSA) is 74.0 Å². The summed E-state index contributed by atoms with van der Waals surface area (Å²) in [4.78, 5) is 18.2. The fourth-order valence-electron chi connectivity index (χ4n) is 2.48. The molecule has 1 aliphatic rings. The van der Waals surface area contributed by atoms with Crippen molar-refractivity contribution in [1.29, 1.82) is 0 Å². The van der Waals surface area contributed by atoms with Crippen molar-refractivity contribution < 1.29 is 18.6 Å². The quantitative estimate of drug-likeness (QED) is 0.789. The first-order valence-electron chi connectivity index (χ1n) is 7.06. The first-order valence-corrected chi connectivity index (χ1v) is 7.06. The lowest BCUT2D eigenvalue weighted by molar-refractivity contribution is -0.105. The van der Waals surface area contributed by atoms with Crippen molar-refractivity contribution in [2.24, 2.45) is 0 Å². The van der Waals surface area contributed by atoms with Crippen molar-refractivity contribution >= 4 is 17.0 Å². The standard InChI is InChI=1S/C15H18N2O5/c1-19-14(20-2)10-3-4-12-11(9-10)13(18)16-15(22-12)17-5-7-21-8-6-17/h3-4,9,14H,5-8H2,1-2H3. The Hall–Kier alpha value is -1.96. The maximum atomic E-state index is 12.3. The van der Waals surface area contributed by atoms with Crippen LogP contribution in [-0.2, 0) is 14.2 Å². The molecule has 0 radical (unpaired) electrons. The molecule has 7 heteroatoms. The number of nitrogens with zero attached hydrogens (tertiary/aromatic N) is 2. The number of anilines is 1. The van der Waals surface area contributed by atoms with E-state index in [4.69, 9.17) is 18.6 Å². The summed E-state index contributed by atoms with van der Waals surface area (Å²) in [6, 6.07) is 5.58. The zero-order chi connectivity index (χ0) is 15.5. The van der Waals surface area contributed by atoms with E-state index in [1.165, 1.54) is 0 Å². The normalized spacial score (nSPS) is 15.7. The van der Waals surface area contributed by atoms with E-state index in [9.17, 15) is 4.79 Å². The van der Waals surface area contributed by atoms with Gasteiger partial charge in [-0.05, 0) is 12.1 Å². The minimum Gasteiger partial charge on any atom is -0.425 e. The van der Waals surface area contributed by atoms with Crippen LogP contribution in [0, 0.1) is 0 Å². The molecule has 1 aliphatic heterocycles. The van der Waals surface area contributed by atoms with Gasteiger partial charge in [-0.15, -0.1) is 0 Å². The third-order valence-corrected chi connectivity index (χ3v) is 3.61. The third kappa shape index (κ3) is 2.83. The molecule has 1 aromatic carbocycles. The molecule has 0 N–H and O–H groups in total. The Labute approximate surface area is 127 Å². The minimum absolute atomic E-state index is 0.324. The Morgan fingerprint density at radius 1 is 1.23 bits per heavy atom. The summed E-state index contributed by atoms with van der Waals surface area (Å²) in [6.07, 6.45) is -0.525. The van der Waals surface area contributed by atoms with Crippen LogP contribution in [0.2, 0.25) is 0 Å². The van der Waals surface area contributed by atoms with Crippen molar-refractivity contribution in [1.82, 2.24) is 4.98 Å². The predicted molar refractivity (Wildman–Crippen MR) is 80.1 cm³/mol. The molecule has 22 heavy (non-hydrogen) atoms. The second-order valence-corrected chi connectivity index (χ2v) is 4.96. The van der Waals surface area contributed by atoms with Crippen LogP contribution in [0.4, 0.5) is 6.01 Å². The summed E-state index contributed by atoms with van der Waals surface area (Å²) in [5.41, 5.74) is 0.914. The number of rotatable bonds is 4. The van der Waals surface area contributed by atoms with Crippen LogP contribution in [0.25, 0.3) is 11.0 Å². The number of hydrogen-bond acceptors (Lipinski definition) is 7. The SMILES string of the molecule is COC(OC)c1ccc2oc(N3CCOCC3)nc(=O)c2c1. The number of methoxy groups -OCH3 is 2. The monoisotopic (exact) mass is 306 g/mol. The zero-order valence-electron chi connectivity index (χ0n) is 12.6. The summed E-state index contributed by atoms with van der Waals surface area (Å²) < 4.78 is 21.4. The lowest BCUT2D eigenvalue weighted by atomic mass is 10.1. The Morgan fingerprint density at radius 3 is 2.64 bits per heavy atom. The van der Waals surface area contributed by atoms with Gasteiger partial charge in [0.05, 0.1) is 18.6 Å². The van der Waals surface area contributed by atoms with Gasteiger partial charge in [-0.1, -0.05) is 6.07 Å². The molecule has 1 fully saturated rings. The van der Waals surface area contributed by atoms with Gasteiger partial charge in [0, 0.05) is 32.9 Å². The highest BCUT2D eigenvalue weighted by Crippen LogP contribution is 2.23. The van der Waals surface area contributed by atoms with Crippen LogP contribution in [0.3, 0.4) is 0 Å². The molecular formula is C15H18N2O5. The van der Waals surface area contributed by atoms with E-state index in [2.05, 4.69) is 4.98 Å². The molecule has 7 nitrogen and oxygen atoms in total. The number of morpholine rings is 1. The van der Waals surface area contributed by atoms with Crippen LogP contribution >= 0.6 is 0 Å². The zero-order valence-corrected chi connectivity index (χ0v) is 12.6. The molecule has 0 saturated carbocycles. The number of aromatic nitrogens is 1. The Kier molecular flexibility index (Phi) is 4.37. The van der Waals surface area contributed by atoms with Gasteiger partial charge in [-0.3, -0.25) is 4.79 Å². The predicted octanol–water partition coefficient (Wildman–Crippen LogP) is 1.32. The van der Waals surface area contributed by atoms with Crippen LogP contribution in [-0.4, -0.2) is 45.5 Å². The van der Waals surface area contributed by atoms with Gasteiger partial charge in [-0.25, -0.2) is 0 Å². The fraction of sp³-hybridized carbons (Fsp3) is 0.467. The molecule has 2 heterocycles. The molecule has 2 aromatic rings. The number of ether oxygens (including phenoxy) is 3. The molecule has 118 valence electrons. The van der Waals surface area contributed by atoms with E-state index >= 15 is 0 Å². The summed E-state index contributed by atoms with van der Waals surface area (Å²) >= 11 is 0. The molecule has 1 aromatic heterocycles. The van der Waals surface area contributed by atoms with Crippen molar-refractivity contribution in [3.63, 3.8) is 0 Å². The van der Waals surface area contributed by atoms with Crippen LogP contribution < -0.4 is 10.5 Å². The van der Waals surface area contributed by atoms with Crippen LogP contribution in [0.1, 0.15) is 11.9 Å². The fourth-order valence-corrected chi connectivity index (χ4v) is 2.48. The van der Waals surface area contributed by atoms with Gasteiger partial charge in [0.15, 0.2) is 6.29 Å².